The SMILES string of the molecule is C=C(C)COc1ccc(NCC(=O)Nc2cccc(OCc3ccccc3)c2)cc1. The van der Waals surface area contributed by atoms with Crippen molar-refractivity contribution < 1.29 is 14.3 Å². The van der Waals surface area contributed by atoms with Gasteiger partial charge in [-0.2, -0.15) is 0 Å². The van der Waals surface area contributed by atoms with Gasteiger partial charge in [-0.25, -0.2) is 0 Å². The third-order valence-corrected chi connectivity index (χ3v) is 4.16. The maximum absolute atomic E-state index is 12.3. The molecule has 0 heterocycles. The van der Waals surface area contributed by atoms with Crippen LogP contribution in [0.15, 0.2) is 91.0 Å². The molecular formula is C25H26N2O3. The van der Waals surface area contributed by atoms with Gasteiger partial charge in [-0.1, -0.05) is 43.0 Å². The third kappa shape index (κ3) is 7.02. The fourth-order valence-corrected chi connectivity index (χ4v) is 2.67. The molecule has 0 saturated carbocycles. The molecule has 30 heavy (non-hydrogen) atoms. The van der Waals surface area contributed by atoms with E-state index >= 15 is 0 Å². The highest BCUT2D eigenvalue weighted by molar-refractivity contribution is 5.93. The van der Waals surface area contributed by atoms with E-state index in [9.17, 15) is 4.79 Å². The zero-order valence-electron chi connectivity index (χ0n) is 17.1. The molecule has 0 radical (unpaired) electrons. The van der Waals surface area contributed by atoms with E-state index < -0.39 is 0 Å². The van der Waals surface area contributed by atoms with E-state index in [1.165, 1.54) is 0 Å². The van der Waals surface area contributed by atoms with E-state index in [0.29, 0.717) is 24.7 Å². The highest BCUT2D eigenvalue weighted by Gasteiger charge is 2.04. The second kappa shape index (κ2) is 10.7. The number of hydrogen-bond donors (Lipinski definition) is 2. The summed E-state index contributed by atoms with van der Waals surface area (Å²) in [6.07, 6.45) is 0. The van der Waals surface area contributed by atoms with Gasteiger partial charge in [-0.15, -0.1) is 0 Å². The van der Waals surface area contributed by atoms with Crippen molar-refractivity contribution in [1.29, 1.82) is 0 Å². The summed E-state index contributed by atoms with van der Waals surface area (Å²) < 4.78 is 11.4. The summed E-state index contributed by atoms with van der Waals surface area (Å²) in [4.78, 5) is 12.3. The largest absolute Gasteiger partial charge is 0.489 e. The van der Waals surface area contributed by atoms with Gasteiger partial charge in [-0.05, 0) is 54.5 Å². The molecule has 0 atom stereocenters. The van der Waals surface area contributed by atoms with Gasteiger partial charge in [0.1, 0.15) is 24.7 Å². The maximum atomic E-state index is 12.3. The van der Waals surface area contributed by atoms with Gasteiger partial charge in [0, 0.05) is 17.4 Å². The maximum Gasteiger partial charge on any atom is 0.243 e. The second-order valence-electron chi connectivity index (χ2n) is 6.97. The number of ether oxygens (including phenoxy) is 2. The molecular weight excluding hydrogens is 376 g/mol. The standard InChI is InChI=1S/C25H26N2O3/c1-19(2)17-29-23-13-11-21(12-14-23)26-16-25(28)27-22-9-6-10-24(15-22)30-18-20-7-4-3-5-8-20/h3-15,26H,1,16-18H2,2H3,(H,27,28). The van der Waals surface area contributed by atoms with Crippen LogP contribution in [-0.4, -0.2) is 19.1 Å². The number of carbonyl (C=O) groups is 1. The quantitative estimate of drug-likeness (QED) is 0.454. The molecule has 5 nitrogen and oxygen atoms in total. The molecule has 1 amide bonds. The predicted octanol–water partition coefficient (Wildman–Crippen LogP) is 5.27. The summed E-state index contributed by atoms with van der Waals surface area (Å²) in [6.45, 7) is 6.85. The van der Waals surface area contributed by atoms with E-state index in [-0.39, 0.29) is 12.5 Å². The lowest BCUT2D eigenvalue weighted by Gasteiger charge is -2.11. The number of benzene rings is 3. The van der Waals surface area contributed by atoms with E-state index in [1.807, 2.05) is 85.8 Å². The Balaban J connectivity index is 1.46. The van der Waals surface area contributed by atoms with Gasteiger partial charge < -0.3 is 20.1 Å². The van der Waals surface area contributed by atoms with E-state index in [0.717, 1.165) is 22.6 Å². The first-order valence-corrected chi connectivity index (χ1v) is 9.76. The number of amides is 1. The molecule has 0 unspecified atom stereocenters. The van der Waals surface area contributed by atoms with Crippen LogP contribution in [0.25, 0.3) is 0 Å². The molecule has 0 aromatic heterocycles. The molecule has 2 N–H and O–H groups in total. The van der Waals surface area contributed by atoms with Crippen molar-refractivity contribution in [3.63, 3.8) is 0 Å². The Hall–Kier alpha value is -3.73. The summed E-state index contributed by atoms with van der Waals surface area (Å²) >= 11 is 0. The molecule has 0 spiro atoms. The summed E-state index contributed by atoms with van der Waals surface area (Å²) in [6, 6.07) is 24.8. The molecule has 0 saturated heterocycles. The molecule has 0 aliphatic carbocycles. The van der Waals surface area contributed by atoms with Crippen molar-refractivity contribution in [1.82, 2.24) is 0 Å². The minimum atomic E-state index is -0.141. The Morgan fingerprint density at radius 1 is 0.867 bits per heavy atom. The van der Waals surface area contributed by atoms with Crippen molar-refractivity contribution >= 4 is 17.3 Å². The molecule has 0 aliphatic heterocycles. The van der Waals surface area contributed by atoms with E-state index in [2.05, 4.69) is 17.2 Å². The third-order valence-electron chi connectivity index (χ3n) is 4.16. The van der Waals surface area contributed by atoms with Gasteiger partial charge in [0.05, 0.1) is 6.54 Å². The number of carbonyl (C=O) groups excluding carboxylic acids is 1. The molecule has 3 aromatic carbocycles. The van der Waals surface area contributed by atoms with Crippen molar-refractivity contribution in [2.45, 2.75) is 13.5 Å². The van der Waals surface area contributed by atoms with Crippen LogP contribution in [0.2, 0.25) is 0 Å². The van der Waals surface area contributed by atoms with Crippen molar-refractivity contribution in [3.05, 3.63) is 96.6 Å². The molecule has 0 fully saturated rings. The number of anilines is 2. The van der Waals surface area contributed by atoms with Gasteiger partial charge >= 0.3 is 0 Å². The first-order chi connectivity index (χ1) is 14.6. The Labute approximate surface area is 177 Å². The molecule has 3 aromatic rings. The molecule has 0 aliphatic rings. The number of nitrogens with one attached hydrogen (secondary N) is 2. The number of rotatable bonds is 10. The fourth-order valence-electron chi connectivity index (χ4n) is 2.67. The average molecular weight is 402 g/mol. The van der Waals surface area contributed by atoms with Gasteiger partial charge in [0.15, 0.2) is 0 Å². The molecule has 5 heteroatoms. The monoisotopic (exact) mass is 402 g/mol. The molecule has 154 valence electrons. The first kappa shape index (κ1) is 21.0. The Morgan fingerprint density at radius 3 is 2.37 bits per heavy atom. The predicted molar refractivity (Wildman–Crippen MR) is 121 cm³/mol. The van der Waals surface area contributed by atoms with Crippen molar-refractivity contribution in [2.24, 2.45) is 0 Å². The minimum Gasteiger partial charge on any atom is -0.489 e. The molecule has 3 rings (SSSR count). The summed E-state index contributed by atoms with van der Waals surface area (Å²) in [5.41, 5.74) is 3.58. The Kier molecular flexibility index (Phi) is 7.50. The van der Waals surface area contributed by atoms with Gasteiger partial charge in [0.2, 0.25) is 5.91 Å². The average Bonchev–Trinajstić information content (AvgIpc) is 2.76. The van der Waals surface area contributed by atoms with Crippen molar-refractivity contribution in [3.8, 4) is 11.5 Å². The zero-order chi connectivity index (χ0) is 21.2. The highest BCUT2D eigenvalue weighted by Crippen LogP contribution is 2.19. The minimum absolute atomic E-state index is 0.141. The summed E-state index contributed by atoms with van der Waals surface area (Å²) in [7, 11) is 0. The van der Waals surface area contributed by atoms with Crippen LogP contribution >= 0.6 is 0 Å². The zero-order valence-corrected chi connectivity index (χ0v) is 17.1. The van der Waals surface area contributed by atoms with Crippen LogP contribution in [-0.2, 0) is 11.4 Å². The fraction of sp³-hybridized carbons (Fsp3) is 0.160. The highest BCUT2D eigenvalue weighted by atomic mass is 16.5. The summed E-state index contributed by atoms with van der Waals surface area (Å²) in [5.74, 6) is 1.33. The van der Waals surface area contributed by atoms with Gasteiger partial charge in [-0.3, -0.25) is 4.79 Å². The lowest BCUT2D eigenvalue weighted by atomic mass is 10.2. The smallest absolute Gasteiger partial charge is 0.243 e. The van der Waals surface area contributed by atoms with E-state index in [1.54, 1.807) is 0 Å². The van der Waals surface area contributed by atoms with Crippen LogP contribution in [0, 0.1) is 0 Å². The van der Waals surface area contributed by atoms with Gasteiger partial charge in [0.25, 0.3) is 0 Å². The van der Waals surface area contributed by atoms with Crippen LogP contribution in [0.4, 0.5) is 11.4 Å². The van der Waals surface area contributed by atoms with E-state index in [4.69, 9.17) is 9.47 Å². The first-order valence-electron chi connectivity index (χ1n) is 9.76. The van der Waals surface area contributed by atoms with Crippen LogP contribution < -0.4 is 20.1 Å². The normalized spacial score (nSPS) is 10.2. The topological polar surface area (TPSA) is 59.6 Å². The van der Waals surface area contributed by atoms with Crippen LogP contribution in [0.5, 0.6) is 11.5 Å². The second-order valence-corrected chi connectivity index (χ2v) is 6.97. The van der Waals surface area contributed by atoms with Crippen LogP contribution in [0.1, 0.15) is 12.5 Å². The number of hydrogen-bond acceptors (Lipinski definition) is 4. The lowest BCUT2D eigenvalue weighted by Crippen LogP contribution is -2.21. The van der Waals surface area contributed by atoms with Crippen LogP contribution in [0.3, 0.4) is 0 Å². The lowest BCUT2D eigenvalue weighted by molar-refractivity contribution is -0.114. The summed E-state index contributed by atoms with van der Waals surface area (Å²) in [5, 5.41) is 5.98. The molecule has 0 bridgehead atoms. The Morgan fingerprint density at radius 2 is 1.63 bits per heavy atom. The van der Waals surface area contributed by atoms with Crippen molar-refractivity contribution in [2.75, 3.05) is 23.8 Å². The Bertz CT molecular complexity index is 969.